The van der Waals surface area contributed by atoms with Crippen LogP contribution in [0.3, 0.4) is 0 Å². The van der Waals surface area contributed by atoms with E-state index in [1.807, 2.05) is 27.0 Å². The number of hydrogen-bond acceptors (Lipinski definition) is 3. The fourth-order valence-electron chi connectivity index (χ4n) is 2.45. The Bertz CT molecular complexity index is 447. The molecule has 0 aliphatic carbocycles. The Morgan fingerprint density at radius 2 is 1.89 bits per heavy atom. The highest BCUT2D eigenvalue weighted by Crippen LogP contribution is 2.27. The minimum atomic E-state index is -0.257. The lowest BCUT2D eigenvalue weighted by atomic mass is 9.82. The lowest BCUT2D eigenvalue weighted by Gasteiger charge is -2.33. The Balaban J connectivity index is 2.78. The highest BCUT2D eigenvalue weighted by atomic mass is 16.2. The fraction of sp³-hybridized carbons (Fsp3) is 0.600. The average molecular weight is 263 g/mol. The van der Waals surface area contributed by atoms with Gasteiger partial charge in [-0.1, -0.05) is 20.8 Å². The van der Waals surface area contributed by atoms with Crippen molar-refractivity contribution in [2.75, 3.05) is 12.4 Å². The van der Waals surface area contributed by atoms with Crippen molar-refractivity contribution in [1.29, 1.82) is 0 Å². The van der Waals surface area contributed by atoms with Gasteiger partial charge in [0.15, 0.2) is 0 Å². The van der Waals surface area contributed by atoms with E-state index in [2.05, 4.69) is 36.4 Å². The second-order valence-corrected chi connectivity index (χ2v) is 6.76. The van der Waals surface area contributed by atoms with Crippen molar-refractivity contribution in [3.63, 3.8) is 0 Å². The molecule has 0 atom stereocenters. The summed E-state index contributed by atoms with van der Waals surface area (Å²) in [4.78, 5) is 16.3. The van der Waals surface area contributed by atoms with Crippen molar-refractivity contribution in [2.45, 2.75) is 46.6 Å². The summed E-state index contributed by atoms with van der Waals surface area (Å²) >= 11 is 0. The predicted octanol–water partition coefficient (Wildman–Crippen LogP) is 3.07. The Hall–Kier alpha value is -1.58. The van der Waals surface area contributed by atoms with Crippen LogP contribution in [0.1, 0.15) is 51.5 Å². The van der Waals surface area contributed by atoms with E-state index in [0.29, 0.717) is 5.69 Å². The van der Waals surface area contributed by atoms with Crippen molar-refractivity contribution < 1.29 is 4.79 Å². The Morgan fingerprint density at radius 1 is 1.26 bits per heavy atom. The van der Waals surface area contributed by atoms with Crippen LogP contribution in [0.25, 0.3) is 0 Å². The molecule has 1 heterocycles. The third-order valence-corrected chi connectivity index (χ3v) is 2.71. The molecule has 106 valence electrons. The molecule has 0 aromatic carbocycles. The summed E-state index contributed by atoms with van der Waals surface area (Å²) in [6.45, 7) is 10.6. The molecule has 1 rings (SSSR count). The molecule has 0 unspecified atom stereocenters. The molecule has 4 heteroatoms. The Morgan fingerprint density at radius 3 is 2.42 bits per heavy atom. The fourth-order valence-corrected chi connectivity index (χ4v) is 2.45. The summed E-state index contributed by atoms with van der Waals surface area (Å²) in [6, 6.07) is 3.58. The normalized spacial score (nSPS) is 12.1. The van der Waals surface area contributed by atoms with E-state index in [-0.39, 0.29) is 16.9 Å². The van der Waals surface area contributed by atoms with Crippen LogP contribution >= 0.6 is 0 Å². The van der Waals surface area contributed by atoms with Gasteiger partial charge in [-0.2, -0.15) is 0 Å². The van der Waals surface area contributed by atoms with Crippen LogP contribution in [0, 0.1) is 5.41 Å². The number of aromatic nitrogens is 1. The van der Waals surface area contributed by atoms with E-state index in [1.54, 1.807) is 12.3 Å². The van der Waals surface area contributed by atoms with Crippen LogP contribution in [0.5, 0.6) is 0 Å². The maximum absolute atomic E-state index is 12.2. The minimum absolute atomic E-state index is 0.133. The molecule has 19 heavy (non-hydrogen) atoms. The molecule has 1 aromatic rings. The summed E-state index contributed by atoms with van der Waals surface area (Å²) in [5.74, 6) is -0.133. The molecule has 0 saturated heterocycles. The van der Waals surface area contributed by atoms with E-state index in [0.717, 1.165) is 12.1 Å². The number of carbonyl (C=O) groups is 1. The number of rotatable bonds is 4. The molecule has 4 nitrogen and oxygen atoms in total. The van der Waals surface area contributed by atoms with Crippen molar-refractivity contribution in [3.8, 4) is 0 Å². The van der Waals surface area contributed by atoms with Crippen LogP contribution in [0.4, 0.5) is 5.69 Å². The molecule has 0 bridgehead atoms. The molecule has 1 amide bonds. The van der Waals surface area contributed by atoms with E-state index in [1.165, 1.54) is 0 Å². The first kappa shape index (κ1) is 15.5. The van der Waals surface area contributed by atoms with Crippen molar-refractivity contribution in [3.05, 3.63) is 24.0 Å². The lowest BCUT2D eigenvalue weighted by Crippen LogP contribution is -2.46. The standard InChI is InChI=1S/C15H25N3O/c1-14(2,3)10-15(4,5)18-13(19)12-9-11(16-6)7-8-17-12/h7-9H,10H2,1-6H3,(H,16,17)(H,18,19). The minimum Gasteiger partial charge on any atom is -0.388 e. The summed E-state index contributed by atoms with van der Waals surface area (Å²) in [5.41, 5.74) is 1.23. The summed E-state index contributed by atoms with van der Waals surface area (Å²) < 4.78 is 0. The van der Waals surface area contributed by atoms with Crippen LogP contribution in [-0.4, -0.2) is 23.5 Å². The van der Waals surface area contributed by atoms with Crippen molar-refractivity contribution in [2.24, 2.45) is 5.41 Å². The predicted molar refractivity (Wildman–Crippen MR) is 79.4 cm³/mol. The molecule has 2 N–H and O–H groups in total. The van der Waals surface area contributed by atoms with Gasteiger partial charge in [0.1, 0.15) is 5.69 Å². The maximum Gasteiger partial charge on any atom is 0.270 e. The molecular weight excluding hydrogens is 238 g/mol. The molecular formula is C15H25N3O. The molecule has 0 aliphatic rings. The summed E-state index contributed by atoms with van der Waals surface area (Å²) in [7, 11) is 1.82. The molecule has 0 saturated carbocycles. The van der Waals surface area contributed by atoms with E-state index >= 15 is 0 Å². The van der Waals surface area contributed by atoms with Crippen LogP contribution in [0.15, 0.2) is 18.3 Å². The van der Waals surface area contributed by atoms with Gasteiger partial charge < -0.3 is 10.6 Å². The number of hydrogen-bond donors (Lipinski definition) is 2. The third kappa shape index (κ3) is 5.28. The quantitative estimate of drug-likeness (QED) is 0.877. The first-order valence-corrected chi connectivity index (χ1v) is 6.59. The van der Waals surface area contributed by atoms with Gasteiger partial charge in [-0.25, -0.2) is 0 Å². The van der Waals surface area contributed by atoms with Crippen molar-refractivity contribution in [1.82, 2.24) is 10.3 Å². The molecule has 1 aromatic heterocycles. The van der Waals surface area contributed by atoms with Crippen LogP contribution < -0.4 is 10.6 Å². The first-order valence-electron chi connectivity index (χ1n) is 6.59. The Kier molecular flexibility index (Phi) is 4.56. The number of amides is 1. The summed E-state index contributed by atoms with van der Waals surface area (Å²) in [5, 5.41) is 6.05. The van der Waals surface area contributed by atoms with Gasteiger partial charge >= 0.3 is 0 Å². The zero-order valence-corrected chi connectivity index (χ0v) is 12.8. The number of carbonyl (C=O) groups excluding carboxylic acids is 1. The van der Waals surface area contributed by atoms with E-state index < -0.39 is 0 Å². The molecule has 0 radical (unpaired) electrons. The van der Waals surface area contributed by atoms with Gasteiger partial charge in [0.2, 0.25) is 0 Å². The number of anilines is 1. The van der Waals surface area contributed by atoms with Gasteiger partial charge in [0, 0.05) is 24.5 Å². The maximum atomic E-state index is 12.2. The third-order valence-electron chi connectivity index (χ3n) is 2.71. The van der Waals surface area contributed by atoms with Crippen LogP contribution in [0.2, 0.25) is 0 Å². The highest BCUT2D eigenvalue weighted by molar-refractivity contribution is 5.93. The van der Waals surface area contributed by atoms with Gasteiger partial charge in [0.25, 0.3) is 5.91 Å². The van der Waals surface area contributed by atoms with E-state index in [9.17, 15) is 4.79 Å². The van der Waals surface area contributed by atoms with Gasteiger partial charge in [-0.3, -0.25) is 9.78 Å². The second kappa shape index (κ2) is 5.59. The second-order valence-electron chi connectivity index (χ2n) is 6.76. The SMILES string of the molecule is CNc1ccnc(C(=O)NC(C)(C)CC(C)(C)C)c1. The summed E-state index contributed by atoms with van der Waals surface area (Å²) in [6.07, 6.45) is 2.54. The average Bonchev–Trinajstić information content (AvgIpc) is 2.25. The first-order chi connectivity index (χ1) is 8.63. The van der Waals surface area contributed by atoms with Gasteiger partial charge in [-0.05, 0) is 37.8 Å². The number of nitrogens with one attached hydrogen (secondary N) is 2. The zero-order valence-electron chi connectivity index (χ0n) is 12.8. The van der Waals surface area contributed by atoms with Gasteiger partial charge in [-0.15, -0.1) is 0 Å². The number of nitrogens with zero attached hydrogens (tertiary/aromatic N) is 1. The van der Waals surface area contributed by atoms with E-state index in [4.69, 9.17) is 0 Å². The lowest BCUT2D eigenvalue weighted by molar-refractivity contribution is 0.0886. The largest absolute Gasteiger partial charge is 0.388 e. The molecule has 0 spiro atoms. The topological polar surface area (TPSA) is 54.0 Å². The smallest absolute Gasteiger partial charge is 0.270 e. The van der Waals surface area contributed by atoms with Crippen LogP contribution in [-0.2, 0) is 0 Å². The molecule has 0 aliphatic heterocycles. The van der Waals surface area contributed by atoms with Gasteiger partial charge in [0.05, 0.1) is 0 Å². The highest BCUT2D eigenvalue weighted by Gasteiger charge is 2.27. The monoisotopic (exact) mass is 263 g/mol. The van der Waals surface area contributed by atoms with Crippen molar-refractivity contribution >= 4 is 11.6 Å². The Labute approximate surface area is 116 Å². The molecule has 0 fully saturated rings. The number of pyridine rings is 1. The zero-order chi connectivity index (χ0) is 14.7.